The Labute approximate surface area is 181 Å². The van der Waals surface area contributed by atoms with Crippen LogP contribution in [0.25, 0.3) is 33.1 Å². The van der Waals surface area contributed by atoms with E-state index >= 15 is 0 Å². The fraction of sp³-hybridized carbons (Fsp3) is 0.400. The van der Waals surface area contributed by atoms with Crippen molar-refractivity contribution >= 4 is 27.8 Å². The van der Waals surface area contributed by atoms with Crippen molar-refractivity contribution in [1.82, 2.24) is 19.7 Å². The van der Waals surface area contributed by atoms with Gasteiger partial charge in [-0.3, -0.25) is 14.5 Å². The first kappa shape index (κ1) is 19.8. The molecule has 0 N–H and O–H groups in total. The minimum absolute atomic E-state index is 0.0352. The zero-order valence-electron chi connectivity index (χ0n) is 18.2. The quantitative estimate of drug-likeness (QED) is 0.421. The van der Waals surface area contributed by atoms with E-state index in [1.807, 2.05) is 46.1 Å². The zero-order chi connectivity index (χ0) is 21.4. The minimum Gasteiger partial charge on any atom is -0.464 e. The van der Waals surface area contributed by atoms with E-state index in [9.17, 15) is 4.79 Å². The molecule has 1 aliphatic heterocycles. The maximum Gasteiger partial charge on any atom is 0.272 e. The number of benzene rings is 1. The average Bonchev–Trinajstić information content (AvgIpc) is 3.40. The summed E-state index contributed by atoms with van der Waals surface area (Å²) in [7, 11) is 0. The van der Waals surface area contributed by atoms with Crippen LogP contribution < -0.4 is 0 Å². The number of rotatable bonds is 5. The molecule has 0 spiro atoms. The summed E-state index contributed by atoms with van der Waals surface area (Å²) < 4.78 is 7.75. The first-order valence-corrected chi connectivity index (χ1v) is 11.3. The lowest BCUT2D eigenvalue weighted by Gasteiger charge is -2.35. The van der Waals surface area contributed by atoms with Crippen LogP contribution in [-0.4, -0.2) is 38.2 Å². The number of aryl methyl sites for hydroxylation is 1. The van der Waals surface area contributed by atoms with E-state index < -0.39 is 0 Å². The van der Waals surface area contributed by atoms with Crippen LogP contribution in [-0.2, 0) is 6.54 Å². The van der Waals surface area contributed by atoms with E-state index in [4.69, 9.17) is 9.52 Å². The number of nitrogens with zero attached hydrogens (tertiary/aromatic N) is 4. The van der Waals surface area contributed by atoms with E-state index in [-0.39, 0.29) is 5.91 Å². The SMILES string of the molecule is CCCn1nc(-c2coc3ccccc23)c2cnc(C(=O)N3CCCCC3CC)cc21. The second kappa shape index (κ2) is 8.17. The normalized spacial score (nSPS) is 17.0. The number of likely N-dealkylation sites (tertiary alicyclic amines) is 1. The molecule has 0 radical (unpaired) electrons. The van der Waals surface area contributed by atoms with Gasteiger partial charge in [0, 0.05) is 41.7 Å². The number of para-hydroxylation sites is 1. The van der Waals surface area contributed by atoms with Gasteiger partial charge in [-0.15, -0.1) is 0 Å². The molecule has 1 unspecified atom stereocenters. The van der Waals surface area contributed by atoms with E-state index in [0.717, 1.165) is 71.9 Å². The lowest BCUT2D eigenvalue weighted by Crippen LogP contribution is -2.43. The number of hydrogen-bond donors (Lipinski definition) is 0. The molecule has 1 amide bonds. The Balaban J connectivity index is 1.60. The molecule has 5 rings (SSSR count). The Morgan fingerprint density at radius 1 is 1.19 bits per heavy atom. The Morgan fingerprint density at radius 3 is 2.90 bits per heavy atom. The summed E-state index contributed by atoms with van der Waals surface area (Å²) in [5.74, 6) is 0.0352. The molecule has 1 atom stereocenters. The number of furan rings is 1. The number of pyridine rings is 1. The fourth-order valence-corrected chi connectivity index (χ4v) is 4.77. The summed E-state index contributed by atoms with van der Waals surface area (Å²) in [6.07, 6.45) is 8.86. The largest absolute Gasteiger partial charge is 0.464 e. The van der Waals surface area contributed by atoms with Gasteiger partial charge in [0.15, 0.2) is 0 Å². The van der Waals surface area contributed by atoms with Crippen molar-refractivity contribution in [2.75, 3.05) is 6.54 Å². The van der Waals surface area contributed by atoms with Gasteiger partial charge in [-0.1, -0.05) is 32.0 Å². The number of aromatic nitrogens is 3. The third kappa shape index (κ3) is 3.40. The van der Waals surface area contributed by atoms with E-state index in [1.54, 1.807) is 6.26 Å². The summed E-state index contributed by atoms with van der Waals surface area (Å²) in [4.78, 5) is 19.9. The maximum atomic E-state index is 13.3. The van der Waals surface area contributed by atoms with E-state index in [0.29, 0.717) is 11.7 Å². The molecule has 0 aliphatic carbocycles. The van der Waals surface area contributed by atoms with Crippen molar-refractivity contribution in [3.63, 3.8) is 0 Å². The molecule has 160 valence electrons. The molecule has 0 bridgehead atoms. The van der Waals surface area contributed by atoms with Crippen molar-refractivity contribution < 1.29 is 9.21 Å². The third-order valence-corrected chi connectivity index (χ3v) is 6.39. The molecule has 4 heterocycles. The molecular formula is C25H28N4O2. The number of hydrogen-bond acceptors (Lipinski definition) is 4. The maximum absolute atomic E-state index is 13.3. The molecule has 31 heavy (non-hydrogen) atoms. The summed E-state index contributed by atoms with van der Waals surface area (Å²) in [5.41, 5.74) is 4.10. The fourth-order valence-electron chi connectivity index (χ4n) is 4.77. The van der Waals surface area contributed by atoms with Gasteiger partial charge in [-0.2, -0.15) is 5.10 Å². The second-order valence-corrected chi connectivity index (χ2v) is 8.36. The number of piperidine rings is 1. The van der Waals surface area contributed by atoms with Gasteiger partial charge in [0.1, 0.15) is 23.2 Å². The molecule has 3 aromatic heterocycles. The van der Waals surface area contributed by atoms with Crippen molar-refractivity contribution in [2.24, 2.45) is 0 Å². The number of amides is 1. The van der Waals surface area contributed by atoms with Gasteiger partial charge in [0.25, 0.3) is 5.91 Å². The van der Waals surface area contributed by atoms with Crippen LogP contribution in [0.2, 0.25) is 0 Å². The summed E-state index contributed by atoms with van der Waals surface area (Å²) >= 11 is 0. The van der Waals surface area contributed by atoms with Crippen molar-refractivity contribution in [3.8, 4) is 11.3 Å². The van der Waals surface area contributed by atoms with Crippen molar-refractivity contribution in [3.05, 3.63) is 48.5 Å². The highest BCUT2D eigenvalue weighted by Crippen LogP contribution is 2.35. The highest BCUT2D eigenvalue weighted by atomic mass is 16.3. The lowest BCUT2D eigenvalue weighted by atomic mass is 9.99. The average molecular weight is 417 g/mol. The van der Waals surface area contributed by atoms with Crippen molar-refractivity contribution in [1.29, 1.82) is 0 Å². The number of fused-ring (bicyclic) bond motifs is 2. The predicted molar refractivity (Wildman–Crippen MR) is 122 cm³/mol. The molecule has 0 saturated carbocycles. The van der Waals surface area contributed by atoms with Gasteiger partial charge in [0.2, 0.25) is 0 Å². The second-order valence-electron chi connectivity index (χ2n) is 8.36. The van der Waals surface area contributed by atoms with Crippen LogP contribution in [0.4, 0.5) is 0 Å². The minimum atomic E-state index is 0.0352. The Bertz CT molecular complexity index is 1240. The van der Waals surface area contributed by atoms with Crippen LogP contribution in [0, 0.1) is 0 Å². The van der Waals surface area contributed by atoms with Gasteiger partial charge < -0.3 is 9.32 Å². The van der Waals surface area contributed by atoms with Crippen LogP contribution in [0.1, 0.15) is 56.4 Å². The van der Waals surface area contributed by atoms with Crippen molar-refractivity contribution in [2.45, 2.75) is 58.5 Å². The van der Waals surface area contributed by atoms with E-state index in [1.165, 1.54) is 6.42 Å². The highest BCUT2D eigenvalue weighted by molar-refractivity contribution is 6.03. The molecule has 6 heteroatoms. The Hall–Kier alpha value is -3.15. The van der Waals surface area contributed by atoms with E-state index in [2.05, 4.69) is 18.8 Å². The summed E-state index contributed by atoms with van der Waals surface area (Å²) in [5, 5.41) is 6.89. The zero-order valence-corrected chi connectivity index (χ0v) is 18.2. The standard InChI is InChI=1S/C25H28N4O2/c1-3-12-29-22-14-21(25(30)28-13-8-7-9-17(28)4-2)26-15-19(22)24(27-29)20-16-31-23-11-6-5-10-18(20)23/h5-6,10-11,14-17H,3-4,7-9,12-13H2,1-2H3. The van der Waals surface area contributed by atoms with Crippen LogP contribution in [0.15, 0.2) is 47.2 Å². The van der Waals surface area contributed by atoms with Gasteiger partial charge in [-0.05, 0) is 44.2 Å². The predicted octanol–water partition coefficient (Wildman–Crippen LogP) is 5.66. The van der Waals surface area contributed by atoms with Gasteiger partial charge in [0.05, 0.1) is 5.52 Å². The molecule has 1 fully saturated rings. The first-order valence-electron chi connectivity index (χ1n) is 11.3. The molecule has 6 nitrogen and oxygen atoms in total. The Kier molecular flexibility index (Phi) is 5.22. The Morgan fingerprint density at radius 2 is 2.06 bits per heavy atom. The summed E-state index contributed by atoms with van der Waals surface area (Å²) in [6, 6.07) is 10.2. The number of carbonyl (C=O) groups is 1. The topological polar surface area (TPSA) is 64.2 Å². The monoisotopic (exact) mass is 416 g/mol. The smallest absolute Gasteiger partial charge is 0.272 e. The van der Waals surface area contributed by atoms with Crippen LogP contribution >= 0.6 is 0 Å². The molecular weight excluding hydrogens is 388 g/mol. The molecule has 4 aromatic rings. The molecule has 1 aromatic carbocycles. The summed E-state index contributed by atoms with van der Waals surface area (Å²) in [6.45, 7) is 5.89. The molecule has 1 aliphatic rings. The highest BCUT2D eigenvalue weighted by Gasteiger charge is 2.28. The number of carbonyl (C=O) groups excluding carboxylic acids is 1. The van der Waals surface area contributed by atoms with Crippen LogP contribution in [0.3, 0.4) is 0 Å². The van der Waals surface area contributed by atoms with Crippen LogP contribution in [0.5, 0.6) is 0 Å². The third-order valence-electron chi connectivity index (χ3n) is 6.39. The first-order chi connectivity index (χ1) is 15.2. The van der Waals surface area contributed by atoms with Gasteiger partial charge >= 0.3 is 0 Å². The van der Waals surface area contributed by atoms with Gasteiger partial charge in [-0.25, -0.2) is 0 Å². The lowest BCUT2D eigenvalue weighted by molar-refractivity contribution is 0.0602. The molecule has 1 saturated heterocycles.